The molecule has 2 aromatic carbocycles. The number of methoxy groups -OCH3 is 3. The zero-order valence-corrected chi connectivity index (χ0v) is 16.4. The maximum Gasteiger partial charge on any atom is 0.181 e. The molecule has 0 aliphatic rings. The largest absolute Gasteiger partial charge is 0.497 e. The molecule has 148 valence electrons. The fourth-order valence-corrected chi connectivity index (χ4v) is 3.80. The molecule has 7 nitrogen and oxygen atoms in total. The molecule has 8 heteroatoms. The maximum absolute atomic E-state index is 12.5. The van der Waals surface area contributed by atoms with E-state index in [0.29, 0.717) is 11.5 Å². The van der Waals surface area contributed by atoms with Crippen molar-refractivity contribution in [1.29, 1.82) is 0 Å². The van der Waals surface area contributed by atoms with Crippen molar-refractivity contribution in [3.05, 3.63) is 48.0 Å². The van der Waals surface area contributed by atoms with Crippen LogP contribution in [0.2, 0.25) is 0 Å². The van der Waals surface area contributed by atoms with E-state index < -0.39 is 21.7 Å². The van der Waals surface area contributed by atoms with E-state index in [0.717, 1.165) is 11.3 Å². The summed E-state index contributed by atoms with van der Waals surface area (Å²) in [6.45, 7) is 0.163. The lowest BCUT2D eigenvalue weighted by Gasteiger charge is -2.14. The number of rotatable bonds is 10. The van der Waals surface area contributed by atoms with E-state index >= 15 is 0 Å². The molecular formula is C19H24O7S. The number of ether oxygens (including phenoxy) is 4. The lowest BCUT2D eigenvalue weighted by Crippen LogP contribution is -2.25. The zero-order chi connectivity index (χ0) is 19.9. The summed E-state index contributed by atoms with van der Waals surface area (Å²) in [5, 5.41) is 10.1. The van der Waals surface area contributed by atoms with Crippen LogP contribution in [0, 0.1) is 0 Å². The Labute approximate surface area is 159 Å². The quantitative estimate of drug-likeness (QED) is 0.657. The number of hydrogen-bond donors (Lipinski definition) is 1. The molecule has 0 fully saturated rings. The van der Waals surface area contributed by atoms with Crippen molar-refractivity contribution in [2.24, 2.45) is 0 Å². The van der Waals surface area contributed by atoms with Gasteiger partial charge < -0.3 is 24.1 Å². The Morgan fingerprint density at radius 2 is 1.59 bits per heavy atom. The van der Waals surface area contributed by atoms with Crippen molar-refractivity contribution in [3.8, 4) is 17.2 Å². The van der Waals surface area contributed by atoms with Gasteiger partial charge in [0.15, 0.2) is 21.3 Å². The Kier molecular flexibility index (Phi) is 7.46. The van der Waals surface area contributed by atoms with Crippen LogP contribution in [0.1, 0.15) is 5.56 Å². The average Bonchev–Trinajstić information content (AvgIpc) is 2.67. The van der Waals surface area contributed by atoms with Gasteiger partial charge in [-0.05, 0) is 29.8 Å². The third-order valence-corrected chi connectivity index (χ3v) is 5.66. The Morgan fingerprint density at radius 3 is 2.19 bits per heavy atom. The van der Waals surface area contributed by atoms with Crippen molar-refractivity contribution in [1.82, 2.24) is 0 Å². The molecule has 0 heterocycles. The van der Waals surface area contributed by atoms with Crippen LogP contribution in [0.4, 0.5) is 0 Å². The summed E-state index contributed by atoms with van der Waals surface area (Å²) in [4.78, 5) is 0.0503. The number of sulfone groups is 1. The molecule has 0 aromatic heterocycles. The van der Waals surface area contributed by atoms with Gasteiger partial charge in [-0.25, -0.2) is 8.42 Å². The van der Waals surface area contributed by atoms with Crippen molar-refractivity contribution in [3.63, 3.8) is 0 Å². The van der Waals surface area contributed by atoms with E-state index in [2.05, 4.69) is 0 Å². The van der Waals surface area contributed by atoms with E-state index in [4.69, 9.17) is 18.9 Å². The first kappa shape index (κ1) is 21.0. The normalized spacial score (nSPS) is 12.4. The minimum Gasteiger partial charge on any atom is -0.497 e. The van der Waals surface area contributed by atoms with Gasteiger partial charge in [-0.1, -0.05) is 12.1 Å². The van der Waals surface area contributed by atoms with E-state index in [1.807, 2.05) is 12.1 Å². The fraction of sp³-hybridized carbons (Fsp3) is 0.368. The molecule has 1 atom stereocenters. The SMILES string of the molecule is COc1ccc(COC[C@@H](O)CS(=O)(=O)c2ccc(OC)c(OC)c2)cc1. The molecule has 0 aliphatic carbocycles. The number of aliphatic hydroxyl groups is 1. The number of hydrogen-bond acceptors (Lipinski definition) is 7. The molecular weight excluding hydrogens is 372 g/mol. The zero-order valence-electron chi connectivity index (χ0n) is 15.5. The minimum atomic E-state index is -3.70. The molecule has 0 bridgehead atoms. The van der Waals surface area contributed by atoms with Gasteiger partial charge in [-0.2, -0.15) is 0 Å². The first-order valence-electron chi connectivity index (χ1n) is 8.23. The van der Waals surface area contributed by atoms with Gasteiger partial charge in [-0.15, -0.1) is 0 Å². The lowest BCUT2D eigenvalue weighted by atomic mass is 10.2. The Morgan fingerprint density at radius 1 is 0.926 bits per heavy atom. The van der Waals surface area contributed by atoms with Crippen LogP contribution in [-0.4, -0.2) is 53.3 Å². The summed E-state index contributed by atoms with van der Waals surface area (Å²) in [6, 6.07) is 11.6. The second-order valence-corrected chi connectivity index (χ2v) is 7.85. The smallest absolute Gasteiger partial charge is 0.181 e. The molecule has 0 saturated heterocycles. The summed E-state index contributed by atoms with van der Waals surface area (Å²) in [6.07, 6.45) is -1.15. The Hall–Kier alpha value is -2.29. The Bertz CT molecular complexity index is 832. The molecule has 0 amide bonds. The van der Waals surface area contributed by atoms with Crippen molar-refractivity contribution in [2.75, 3.05) is 33.7 Å². The second-order valence-electron chi connectivity index (χ2n) is 5.82. The average molecular weight is 396 g/mol. The van der Waals surface area contributed by atoms with Gasteiger partial charge in [0.2, 0.25) is 0 Å². The van der Waals surface area contributed by atoms with E-state index in [1.165, 1.54) is 32.4 Å². The van der Waals surface area contributed by atoms with Gasteiger partial charge in [0.05, 0.1) is 51.3 Å². The lowest BCUT2D eigenvalue weighted by molar-refractivity contribution is 0.0390. The van der Waals surface area contributed by atoms with Crippen LogP contribution < -0.4 is 14.2 Å². The molecule has 1 N–H and O–H groups in total. The van der Waals surface area contributed by atoms with Crippen LogP contribution in [0.5, 0.6) is 17.2 Å². The number of aliphatic hydroxyl groups excluding tert-OH is 1. The van der Waals surface area contributed by atoms with Gasteiger partial charge >= 0.3 is 0 Å². The van der Waals surface area contributed by atoms with Gasteiger partial charge in [-0.3, -0.25) is 0 Å². The highest BCUT2D eigenvalue weighted by Crippen LogP contribution is 2.30. The van der Waals surface area contributed by atoms with E-state index in [9.17, 15) is 13.5 Å². The summed E-state index contributed by atoms with van der Waals surface area (Å²) >= 11 is 0. The highest BCUT2D eigenvalue weighted by atomic mass is 32.2. The van der Waals surface area contributed by atoms with Crippen LogP contribution in [0.25, 0.3) is 0 Å². The van der Waals surface area contributed by atoms with Crippen LogP contribution in [-0.2, 0) is 21.2 Å². The molecule has 0 spiro atoms. The molecule has 27 heavy (non-hydrogen) atoms. The highest BCUT2D eigenvalue weighted by Gasteiger charge is 2.21. The summed E-state index contributed by atoms with van der Waals surface area (Å²) in [5.74, 6) is 1.02. The van der Waals surface area contributed by atoms with E-state index in [-0.39, 0.29) is 18.1 Å². The first-order chi connectivity index (χ1) is 12.9. The molecule has 2 rings (SSSR count). The van der Waals surface area contributed by atoms with E-state index in [1.54, 1.807) is 19.2 Å². The fourth-order valence-electron chi connectivity index (χ4n) is 2.44. The van der Waals surface area contributed by atoms with Crippen molar-refractivity contribution < 1.29 is 32.5 Å². The Balaban J connectivity index is 1.92. The predicted molar refractivity (Wildman–Crippen MR) is 100 cm³/mol. The second kappa shape index (κ2) is 9.59. The number of benzene rings is 2. The van der Waals surface area contributed by atoms with Crippen LogP contribution >= 0.6 is 0 Å². The third-order valence-electron chi connectivity index (χ3n) is 3.86. The topological polar surface area (TPSA) is 91.3 Å². The molecule has 0 unspecified atom stereocenters. The van der Waals surface area contributed by atoms with Gasteiger partial charge in [0.1, 0.15) is 5.75 Å². The molecule has 0 aliphatic heterocycles. The standard InChI is InChI=1S/C19H24O7S/c1-23-16-6-4-14(5-7-16)11-26-12-15(20)13-27(21,22)17-8-9-18(24-2)19(10-17)25-3/h4-10,15,20H,11-13H2,1-3H3/t15-/m1/s1. The monoisotopic (exact) mass is 396 g/mol. The van der Waals surface area contributed by atoms with Gasteiger partial charge in [0, 0.05) is 6.07 Å². The third kappa shape index (κ3) is 5.85. The minimum absolute atomic E-state index is 0.0503. The molecule has 0 radical (unpaired) electrons. The highest BCUT2D eigenvalue weighted by molar-refractivity contribution is 7.91. The summed E-state index contributed by atoms with van der Waals surface area (Å²) in [7, 11) is 0.776. The molecule has 0 saturated carbocycles. The summed E-state index contributed by atoms with van der Waals surface area (Å²) in [5.41, 5.74) is 0.894. The maximum atomic E-state index is 12.5. The van der Waals surface area contributed by atoms with Crippen molar-refractivity contribution >= 4 is 9.84 Å². The first-order valence-corrected chi connectivity index (χ1v) is 9.88. The predicted octanol–water partition coefficient (Wildman–Crippen LogP) is 2.06. The van der Waals surface area contributed by atoms with Crippen molar-refractivity contribution in [2.45, 2.75) is 17.6 Å². The van der Waals surface area contributed by atoms with Gasteiger partial charge in [0.25, 0.3) is 0 Å². The van der Waals surface area contributed by atoms with Crippen LogP contribution in [0.3, 0.4) is 0 Å². The molecule has 2 aromatic rings. The summed E-state index contributed by atoms with van der Waals surface area (Å²) < 4.78 is 45.7. The van der Waals surface area contributed by atoms with Crippen LogP contribution in [0.15, 0.2) is 47.4 Å².